The molecular weight excluding hydrogens is 260 g/mol. The summed E-state index contributed by atoms with van der Waals surface area (Å²) in [6.45, 7) is 0. The summed E-state index contributed by atoms with van der Waals surface area (Å²) >= 11 is 0. The van der Waals surface area contributed by atoms with Crippen molar-refractivity contribution in [2.45, 2.75) is 0 Å². The number of hydrogen-bond acceptors (Lipinski definition) is 3. The number of carboxylic acids is 1. The van der Waals surface area contributed by atoms with Crippen LogP contribution in [-0.2, 0) is 0 Å². The number of fused-ring (bicyclic) bond motifs is 1. The summed E-state index contributed by atoms with van der Waals surface area (Å²) in [7, 11) is 0. The van der Waals surface area contributed by atoms with Crippen molar-refractivity contribution in [1.82, 2.24) is 15.2 Å². The minimum Gasteiger partial charge on any atom is -0.477 e. The van der Waals surface area contributed by atoms with E-state index in [2.05, 4.69) is 20.5 Å². The molecule has 0 aliphatic heterocycles. The maximum atomic E-state index is 12.2. The van der Waals surface area contributed by atoms with Crippen molar-refractivity contribution in [3.63, 3.8) is 0 Å². The first-order chi connectivity index (χ1) is 9.65. The zero-order valence-corrected chi connectivity index (χ0v) is 10.2. The van der Waals surface area contributed by atoms with Gasteiger partial charge in [-0.3, -0.25) is 9.89 Å². The SMILES string of the molecule is O=C(O)c1cc(NC(=O)c2cccc3[nH]ccc23)n[nH]1. The zero-order chi connectivity index (χ0) is 14.1. The molecule has 0 radical (unpaired) electrons. The number of carbonyl (C=O) groups excluding carboxylic acids is 1. The summed E-state index contributed by atoms with van der Waals surface area (Å²) < 4.78 is 0. The number of aromatic amines is 2. The van der Waals surface area contributed by atoms with E-state index in [0.29, 0.717) is 5.56 Å². The third kappa shape index (κ3) is 2.01. The molecule has 2 aromatic heterocycles. The van der Waals surface area contributed by atoms with E-state index in [1.807, 2.05) is 6.07 Å². The molecule has 1 amide bonds. The third-order valence-corrected chi connectivity index (χ3v) is 2.89. The number of aromatic nitrogens is 3. The van der Waals surface area contributed by atoms with Gasteiger partial charge in [0.25, 0.3) is 5.91 Å². The number of rotatable bonds is 3. The Morgan fingerprint density at radius 1 is 1.25 bits per heavy atom. The van der Waals surface area contributed by atoms with E-state index in [4.69, 9.17) is 5.11 Å². The summed E-state index contributed by atoms with van der Waals surface area (Å²) in [4.78, 5) is 25.9. The Labute approximate surface area is 112 Å². The van der Waals surface area contributed by atoms with Crippen LogP contribution in [0.2, 0.25) is 0 Å². The average Bonchev–Trinajstić information content (AvgIpc) is 3.05. The minimum atomic E-state index is -1.13. The van der Waals surface area contributed by atoms with Crippen LogP contribution in [0.25, 0.3) is 10.9 Å². The van der Waals surface area contributed by atoms with Crippen LogP contribution in [-0.4, -0.2) is 32.2 Å². The Morgan fingerprint density at radius 2 is 2.10 bits per heavy atom. The lowest BCUT2D eigenvalue weighted by atomic mass is 10.1. The highest BCUT2D eigenvalue weighted by Crippen LogP contribution is 2.18. The zero-order valence-electron chi connectivity index (χ0n) is 10.2. The topological polar surface area (TPSA) is 111 Å². The van der Waals surface area contributed by atoms with Crippen molar-refractivity contribution in [3.8, 4) is 0 Å². The lowest BCUT2D eigenvalue weighted by molar-refractivity contribution is 0.0690. The van der Waals surface area contributed by atoms with E-state index < -0.39 is 5.97 Å². The van der Waals surface area contributed by atoms with Gasteiger partial charge in [0.15, 0.2) is 5.82 Å². The molecule has 7 heteroatoms. The van der Waals surface area contributed by atoms with E-state index in [1.54, 1.807) is 24.4 Å². The van der Waals surface area contributed by atoms with Crippen molar-refractivity contribution in [2.24, 2.45) is 0 Å². The smallest absolute Gasteiger partial charge is 0.353 e. The number of amides is 1. The molecule has 100 valence electrons. The molecular formula is C13H10N4O3. The van der Waals surface area contributed by atoms with Gasteiger partial charge in [0.2, 0.25) is 0 Å². The van der Waals surface area contributed by atoms with Gasteiger partial charge in [-0.15, -0.1) is 0 Å². The van der Waals surface area contributed by atoms with Crippen LogP contribution < -0.4 is 5.32 Å². The quantitative estimate of drug-likeness (QED) is 0.581. The second kappa shape index (κ2) is 4.54. The standard InChI is InChI=1S/C13H10N4O3/c18-12(15-11-6-10(13(19)20)16-17-11)8-2-1-3-9-7(8)4-5-14-9/h1-6,14H,(H,19,20)(H2,15,16,17,18). The van der Waals surface area contributed by atoms with E-state index in [0.717, 1.165) is 10.9 Å². The molecule has 1 aromatic carbocycles. The molecule has 7 nitrogen and oxygen atoms in total. The molecule has 0 saturated heterocycles. The van der Waals surface area contributed by atoms with Gasteiger partial charge in [-0.2, -0.15) is 5.10 Å². The van der Waals surface area contributed by atoms with Crippen LogP contribution in [0, 0.1) is 0 Å². The maximum Gasteiger partial charge on any atom is 0.353 e. The lowest BCUT2D eigenvalue weighted by Crippen LogP contribution is -2.12. The van der Waals surface area contributed by atoms with E-state index in [9.17, 15) is 9.59 Å². The summed E-state index contributed by atoms with van der Waals surface area (Å²) in [5.41, 5.74) is 1.26. The number of anilines is 1. The largest absolute Gasteiger partial charge is 0.477 e. The van der Waals surface area contributed by atoms with Crippen LogP contribution in [0.4, 0.5) is 5.82 Å². The molecule has 3 aromatic rings. The lowest BCUT2D eigenvalue weighted by Gasteiger charge is -2.03. The Balaban J connectivity index is 1.89. The fraction of sp³-hybridized carbons (Fsp3) is 0. The Morgan fingerprint density at radius 3 is 2.85 bits per heavy atom. The fourth-order valence-corrected chi connectivity index (χ4v) is 1.96. The van der Waals surface area contributed by atoms with Crippen LogP contribution >= 0.6 is 0 Å². The molecule has 20 heavy (non-hydrogen) atoms. The number of aromatic carboxylic acids is 1. The van der Waals surface area contributed by atoms with Gasteiger partial charge < -0.3 is 15.4 Å². The molecule has 0 saturated carbocycles. The van der Waals surface area contributed by atoms with Crippen molar-refractivity contribution in [3.05, 3.63) is 47.8 Å². The second-order valence-corrected chi connectivity index (χ2v) is 4.17. The number of nitrogens with zero attached hydrogens (tertiary/aromatic N) is 1. The highest BCUT2D eigenvalue weighted by atomic mass is 16.4. The molecule has 0 bridgehead atoms. The fourth-order valence-electron chi connectivity index (χ4n) is 1.96. The van der Waals surface area contributed by atoms with E-state index >= 15 is 0 Å². The van der Waals surface area contributed by atoms with Gasteiger partial charge in [-0.1, -0.05) is 6.07 Å². The van der Waals surface area contributed by atoms with Gasteiger partial charge in [0.05, 0.1) is 0 Å². The molecule has 3 rings (SSSR count). The molecule has 4 N–H and O–H groups in total. The van der Waals surface area contributed by atoms with Gasteiger partial charge in [0.1, 0.15) is 5.69 Å². The number of nitrogens with one attached hydrogen (secondary N) is 3. The summed E-state index contributed by atoms with van der Waals surface area (Å²) in [5.74, 6) is -1.32. The van der Waals surface area contributed by atoms with Crippen LogP contribution in [0.5, 0.6) is 0 Å². The van der Waals surface area contributed by atoms with Crippen molar-refractivity contribution >= 4 is 28.6 Å². The average molecular weight is 270 g/mol. The van der Waals surface area contributed by atoms with E-state index in [-0.39, 0.29) is 17.4 Å². The molecule has 0 aliphatic carbocycles. The molecule has 0 fully saturated rings. The van der Waals surface area contributed by atoms with Crippen LogP contribution in [0.15, 0.2) is 36.5 Å². The second-order valence-electron chi connectivity index (χ2n) is 4.17. The predicted octanol–water partition coefficient (Wildman–Crippen LogP) is 1.84. The summed E-state index contributed by atoms with van der Waals surface area (Å²) in [5, 5.41) is 18.2. The van der Waals surface area contributed by atoms with Crippen molar-refractivity contribution < 1.29 is 14.7 Å². The van der Waals surface area contributed by atoms with Crippen LogP contribution in [0.1, 0.15) is 20.8 Å². The number of H-pyrrole nitrogens is 2. The van der Waals surface area contributed by atoms with Gasteiger partial charge in [-0.25, -0.2) is 4.79 Å². The number of carboxylic acid groups (broad SMARTS) is 1. The molecule has 2 heterocycles. The van der Waals surface area contributed by atoms with Crippen molar-refractivity contribution in [1.29, 1.82) is 0 Å². The maximum absolute atomic E-state index is 12.2. The monoisotopic (exact) mass is 270 g/mol. The van der Waals surface area contributed by atoms with Crippen LogP contribution in [0.3, 0.4) is 0 Å². The van der Waals surface area contributed by atoms with E-state index in [1.165, 1.54) is 6.07 Å². The first-order valence-electron chi connectivity index (χ1n) is 5.81. The van der Waals surface area contributed by atoms with Gasteiger partial charge in [0, 0.05) is 28.7 Å². The summed E-state index contributed by atoms with van der Waals surface area (Å²) in [6, 6.07) is 8.38. The molecule has 0 unspecified atom stereocenters. The predicted molar refractivity (Wildman–Crippen MR) is 71.8 cm³/mol. The highest BCUT2D eigenvalue weighted by molar-refractivity contribution is 6.12. The Bertz CT molecular complexity index is 803. The molecule has 0 atom stereocenters. The van der Waals surface area contributed by atoms with Gasteiger partial charge in [-0.05, 0) is 18.2 Å². The number of hydrogen-bond donors (Lipinski definition) is 4. The highest BCUT2D eigenvalue weighted by Gasteiger charge is 2.13. The minimum absolute atomic E-state index is 0.0832. The number of benzene rings is 1. The Kier molecular flexibility index (Phi) is 2.72. The first-order valence-corrected chi connectivity index (χ1v) is 5.81. The molecule has 0 spiro atoms. The normalized spacial score (nSPS) is 10.6. The third-order valence-electron chi connectivity index (χ3n) is 2.89. The molecule has 0 aliphatic rings. The number of carbonyl (C=O) groups is 2. The first kappa shape index (κ1) is 12.0. The van der Waals surface area contributed by atoms with Crippen molar-refractivity contribution in [2.75, 3.05) is 5.32 Å². The summed E-state index contributed by atoms with van der Waals surface area (Å²) in [6.07, 6.45) is 1.75. The van der Waals surface area contributed by atoms with Gasteiger partial charge >= 0.3 is 5.97 Å². The Hall–Kier alpha value is -3.09.